The minimum Gasteiger partial charge on any atom is -0.267 e. The van der Waals surface area contributed by atoms with E-state index in [1.54, 1.807) is 36.5 Å². The number of hydrogen-bond acceptors (Lipinski definition) is 4. The van der Waals surface area contributed by atoms with Gasteiger partial charge in [0.05, 0.1) is 17.3 Å². The van der Waals surface area contributed by atoms with Gasteiger partial charge in [0.25, 0.3) is 5.91 Å². The van der Waals surface area contributed by atoms with Crippen molar-refractivity contribution >= 4 is 23.7 Å². The molecule has 22 heavy (non-hydrogen) atoms. The van der Waals surface area contributed by atoms with Crippen LogP contribution in [-0.4, -0.2) is 21.4 Å². The van der Waals surface area contributed by atoms with Gasteiger partial charge in [-0.1, -0.05) is 12.1 Å². The predicted octanol–water partition coefficient (Wildman–Crippen LogP) is 3.48. The number of thioether (sulfide) groups is 1. The Kier molecular flexibility index (Phi) is 4.22. The van der Waals surface area contributed by atoms with Crippen LogP contribution in [-0.2, 0) is 0 Å². The van der Waals surface area contributed by atoms with Gasteiger partial charge in [0, 0.05) is 22.4 Å². The molecule has 3 rings (SSSR count). The molecule has 108 valence electrons. The van der Waals surface area contributed by atoms with Crippen molar-refractivity contribution in [3.63, 3.8) is 0 Å². The maximum absolute atomic E-state index is 12.3. The second kappa shape index (κ2) is 6.46. The van der Waals surface area contributed by atoms with E-state index in [2.05, 4.69) is 11.2 Å². The number of aromatic nitrogens is 2. The van der Waals surface area contributed by atoms with Gasteiger partial charge in [0.2, 0.25) is 0 Å². The van der Waals surface area contributed by atoms with Crippen LogP contribution >= 0.6 is 11.8 Å². The second-order valence-corrected chi connectivity index (χ2v) is 5.93. The summed E-state index contributed by atoms with van der Waals surface area (Å²) in [5, 5.41) is 13.2. The van der Waals surface area contributed by atoms with Crippen molar-refractivity contribution in [2.24, 2.45) is 0 Å². The highest BCUT2D eigenvalue weighted by Crippen LogP contribution is 2.26. The largest absolute Gasteiger partial charge is 0.278 e. The predicted molar refractivity (Wildman–Crippen MR) is 87.3 cm³/mol. The van der Waals surface area contributed by atoms with E-state index in [0.717, 1.165) is 17.9 Å². The van der Waals surface area contributed by atoms with Gasteiger partial charge in [-0.25, -0.2) is 4.68 Å². The Morgan fingerprint density at radius 1 is 1.36 bits per heavy atom. The third-order valence-electron chi connectivity index (χ3n) is 3.21. The maximum Gasteiger partial charge on any atom is 0.278 e. The second-order valence-electron chi connectivity index (χ2n) is 4.76. The van der Waals surface area contributed by atoms with Crippen LogP contribution < -0.4 is 0 Å². The lowest BCUT2D eigenvalue weighted by atomic mass is 10.1. The Bertz CT molecular complexity index is 811. The molecule has 1 aromatic heterocycles. The molecule has 5 heteroatoms. The van der Waals surface area contributed by atoms with Crippen LogP contribution in [0.15, 0.2) is 53.6 Å². The zero-order valence-electron chi connectivity index (χ0n) is 11.8. The van der Waals surface area contributed by atoms with Gasteiger partial charge in [-0.15, -0.1) is 11.8 Å². The van der Waals surface area contributed by atoms with Gasteiger partial charge in [-0.2, -0.15) is 10.4 Å². The quantitative estimate of drug-likeness (QED) is 0.871. The first kappa shape index (κ1) is 14.4. The van der Waals surface area contributed by atoms with Gasteiger partial charge in [-0.3, -0.25) is 4.79 Å². The minimum absolute atomic E-state index is 0.244. The number of hydrogen-bond donors (Lipinski definition) is 0. The summed E-state index contributed by atoms with van der Waals surface area (Å²) in [6.07, 6.45) is 8.85. The van der Waals surface area contributed by atoms with Crippen LogP contribution in [0.3, 0.4) is 0 Å². The topological polar surface area (TPSA) is 58.7 Å². The lowest BCUT2D eigenvalue weighted by Crippen LogP contribution is -2.12. The smallest absolute Gasteiger partial charge is 0.267 e. The number of nitrogens with zero attached hydrogens (tertiary/aromatic N) is 3. The molecule has 0 unspecified atom stereocenters. The fourth-order valence-corrected chi connectivity index (χ4v) is 2.99. The molecule has 0 aliphatic carbocycles. The Labute approximate surface area is 132 Å². The number of rotatable bonds is 3. The van der Waals surface area contributed by atoms with E-state index in [0.29, 0.717) is 11.1 Å². The molecular weight excluding hydrogens is 294 g/mol. The van der Waals surface area contributed by atoms with Crippen LogP contribution in [0.25, 0.3) is 6.08 Å². The van der Waals surface area contributed by atoms with Crippen molar-refractivity contribution in [1.29, 1.82) is 5.26 Å². The fourth-order valence-electron chi connectivity index (χ4n) is 2.11. The molecule has 1 aromatic carbocycles. The molecule has 0 amide bonds. The summed E-state index contributed by atoms with van der Waals surface area (Å²) in [6.45, 7) is 0. The first-order valence-corrected chi connectivity index (χ1v) is 7.86. The lowest BCUT2D eigenvalue weighted by molar-refractivity contribution is 0.0945. The average molecular weight is 307 g/mol. The maximum atomic E-state index is 12.3. The Morgan fingerprint density at radius 2 is 2.27 bits per heavy atom. The molecule has 4 nitrogen and oxygen atoms in total. The highest BCUT2D eigenvalue weighted by molar-refractivity contribution is 8.03. The first-order valence-electron chi connectivity index (χ1n) is 6.88. The molecule has 2 heterocycles. The normalized spacial score (nSPS) is 14.0. The number of carbonyl (C=O) groups is 1. The monoisotopic (exact) mass is 307 g/mol. The molecule has 0 saturated heterocycles. The third-order valence-corrected chi connectivity index (χ3v) is 4.28. The fraction of sp³-hybridized carbons (Fsp3) is 0.118. The van der Waals surface area contributed by atoms with Gasteiger partial charge in [0.1, 0.15) is 0 Å². The lowest BCUT2D eigenvalue weighted by Gasteiger charge is -2.00. The summed E-state index contributed by atoms with van der Waals surface area (Å²) in [4.78, 5) is 13.6. The van der Waals surface area contributed by atoms with Gasteiger partial charge in [-0.05, 0) is 42.8 Å². The molecule has 0 fully saturated rings. The summed E-state index contributed by atoms with van der Waals surface area (Å²) in [5.74, 6) is 0.883. The van der Waals surface area contributed by atoms with E-state index in [1.807, 2.05) is 30.0 Å². The van der Waals surface area contributed by atoms with E-state index >= 15 is 0 Å². The molecule has 1 aliphatic heterocycles. The number of nitriles is 1. The van der Waals surface area contributed by atoms with E-state index in [4.69, 9.17) is 5.26 Å². The van der Waals surface area contributed by atoms with Crippen LogP contribution in [0.4, 0.5) is 0 Å². The number of allylic oxidation sites excluding steroid dienone is 2. The molecule has 0 N–H and O–H groups in total. The SMILES string of the molecule is N#Cc1cccc(C(=O)n2ccc(/C=C/C3=CCCS3)n2)c1. The van der Waals surface area contributed by atoms with Gasteiger partial charge < -0.3 is 0 Å². The van der Waals surface area contributed by atoms with Crippen molar-refractivity contribution in [2.45, 2.75) is 6.42 Å². The zero-order chi connectivity index (χ0) is 15.4. The molecular formula is C17H13N3OS. The van der Waals surface area contributed by atoms with Crippen LogP contribution in [0.5, 0.6) is 0 Å². The molecule has 0 radical (unpaired) electrons. The number of benzene rings is 1. The van der Waals surface area contributed by atoms with Crippen LogP contribution in [0.2, 0.25) is 0 Å². The summed E-state index contributed by atoms with van der Waals surface area (Å²) >= 11 is 1.82. The van der Waals surface area contributed by atoms with E-state index in [9.17, 15) is 4.79 Å². The van der Waals surface area contributed by atoms with Crippen molar-refractivity contribution in [2.75, 3.05) is 5.75 Å². The average Bonchev–Trinajstić information content (AvgIpc) is 3.23. The molecule has 0 atom stereocenters. The molecule has 0 bridgehead atoms. The highest BCUT2D eigenvalue weighted by atomic mass is 32.2. The van der Waals surface area contributed by atoms with Crippen molar-refractivity contribution in [1.82, 2.24) is 9.78 Å². The van der Waals surface area contributed by atoms with Crippen molar-refractivity contribution in [3.8, 4) is 6.07 Å². The molecule has 0 spiro atoms. The minimum atomic E-state index is -0.244. The zero-order valence-corrected chi connectivity index (χ0v) is 12.6. The van der Waals surface area contributed by atoms with Crippen molar-refractivity contribution in [3.05, 3.63) is 70.4 Å². The number of carbonyl (C=O) groups excluding carboxylic acids is 1. The van der Waals surface area contributed by atoms with E-state index in [-0.39, 0.29) is 5.91 Å². The van der Waals surface area contributed by atoms with Crippen molar-refractivity contribution < 1.29 is 4.79 Å². The third kappa shape index (κ3) is 3.18. The summed E-state index contributed by atoms with van der Waals surface area (Å²) in [6, 6.07) is 10.4. The molecule has 1 aliphatic rings. The molecule has 0 saturated carbocycles. The van der Waals surface area contributed by atoms with E-state index in [1.165, 1.54) is 9.59 Å². The molecule has 2 aromatic rings. The Morgan fingerprint density at radius 3 is 3.05 bits per heavy atom. The van der Waals surface area contributed by atoms with Gasteiger partial charge >= 0.3 is 0 Å². The highest BCUT2D eigenvalue weighted by Gasteiger charge is 2.10. The van der Waals surface area contributed by atoms with Gasteiger partial charge in [0.15, 0.2) is 0 Å². The Hall–Kier alpha value is -2.58. The Balaban J connectivity index is 1.78. The standard InChI is InChI=1S/C17H13N3OS/c18-12-13-3-1-4-14(11-13)17(21)20-9-8-15(19-20)6-7-16-5-2-10-22-16/h1,3-9,11H,2,10H2/b7-6+. The summed E-state index contributed by atoms with van der Waals surface area (Å²) in [7, 11) is 0. The summed E-state index contributed by atoms with van der Waals surface area (Å²) < 4.78 is 1.30. The first-order chi connectivity index (χ1) is 10.8. The van der Waals surface area contributed by atoms with E-state index < -0.39 is 0 Å². The van der Waals surface area contributed by atoms with Crippen LogP contribution in [0, 0.1) is 11.3 Å². The summed E-state index contributed by atoms with van der Waals surface area (Å²) in [5.41, 5.74) is 1.65. The van der Waals surface area contributed by atoms with Crippen LogP contribution in [0.1, 0.15) is 28.0 Å².